The van der Waals surface area contributed by atoms with Crippen molar-refractivity contribution in [2.75, 3.05) is 13.1 Å². The standard InChI is InChI=1S/C17H20N4O2S/c1-11-8-12(2)10-14(9-11)20-6-5-19-17(20)24-13(3)15(22)21-7-4-18-16(21)23/h5-6,8-10,13H,4,7H2,1-3H3,(H,18,23)/t13-/m0/s1. The summed E-state index contributed by atoms with van der Waals surface area (Å²) < 4.78 is 1.97. The van der Waals surface area contributed by atoms with Crippen molar-refractivity contribution in [3.05, 3.63) is 41.7 Å². The summed E-state index contributed by atoms with van der Waals surface area (Å²) in [6, 6.07) is 5.97. The van der Waals surface area contributed by atoms with Crippen molar-refractivity contribution in [3.8, 4) is 5.69 Å². The minimum absolute atomic E-state index is 0.190. The van der Waals surface area contributed by atoms with Crippen LogP contribution < -0.4 is 5.32 Å². The molecule has 1 aromatic heterocycles. The molecule has 0 radical (unpaired) electrons. The van der Waals surface area contributed by atoms with Gasteiger partial charge in [-0.05, 0) is 44.0 Å². The first kappa shape index (κ1) is 16.6. The summed E-state index contributed by atoms with van der Waals surface area (Å²) in [6.07, 6.45) is 3.61. The van der Waals surface area contributed by atoms with E-state index < -0.39 is 0 Å². The molecule has 0 aliphatic carbocycles. The Hall–Kier alpha value is -2.28. The molecule has 1 aliphatic rings. The lowest BCUT2D eigenvalue weighted by Crippen LogP contribution is -2.39. The van der Waals surface area contributed by atoms with Gasteiger partial charge in [0.1, 0.15) is 0 Å². The van der Waals surface area contributed by atoms with Crippen molar-refractivity contribution in [2.24, 2.45) is 0 Å². The van der Waals surface area contributed by atoms with E-state index in [1.807, 2.05) is 10.8 Å². The minimum atomic E-state index is -0.388. The van der Waals surface area contributed by atoms with Crippen LogP contribution in [0, 0.1) is 13.8 Å². The van der Waals surface area contributed by atoms with E-state index in [2.05, 4.69) is 42.3 Å². The predicted octanol–water partition coefficient (Wildman–Crippen LogP) is 2.52. The van der Waals surface area contributed by atoms with Crippen molar-refractivity contribution >= 4 is 23.7 Å². The van der Waals surface area contributed by atoms with Crippen LogP contribution in [0.1, 0.15) is 18.1 Å². The van der Waals surface area contributed by atoms with Gasteiger partial charge in [0.2, 0.25) is 5.91 Å². The molecule has 6 nitrogen and oxygen atoms in total. The van der Waals surface area contributed by atoms with Crippen LogP contribution in [0.2, 0.25) is 0 Å². The maximum atomic E-state index is 12.4. The number of rotatable bonds is 4. The quantitative estimate of drug-likeness (QED) is 0.866. The number of benzene rings is 1. The highest BCUT2D eigenvalue weighted by molar-refractivity contribution is 8.00. The second-order valence-electron chi connectivity index (χ2n) is 5.91. The first-order chi connectivity index (χ1) is 11.5. The first-order valence-electron chi connectivity index (χ1n) is 7.83. The molecule has 1 atom stereocenters. The van der Waals surface area contributed by atoms with Gasteiger partial charge in [-0.25, -0.2) is 9.78 Å². The number of nitrogens with zero attached hydrogens (tertiary/aromatic N) is 3. The van der Waals surface area contributed by atoms with Crippen LogP contribution in [-0.4, -0.2) is 44.7 Å². The van der Waals surface area contributed by atoms with Gasteiger partial charge in [-0.3, -0.25) is 14.3 Å². The van der Waals surface area contributed by atoms with E-state index in [0.29, 0.717) is 13.1 Å². The monoisotopic (exact) mass is 344 g/mol. The molecular weight excluding hydrogens is 324 g/mol. The number of imidazole rings is 1. The van der Waals surface area contributed by atoms with Gasteiger partial charge in [-0.2, -0.15) is 0 Å². The topological polar surface area (TPSA) is 67.2 Å². The molecule has 1 fully saturated rings. The molecule has 1 N–H and O–H groups in total. The molecule has 1 aliphatic heterocycles. The van der Waals surface area contributed by atoms with Crippen molar-refractivity contribution in [1.82, 2.24) is 19.8 Å². The number of thioether (sulfide) groups is 1. The van der Waals surface area contributed by atoms with E-state index in [1.54, 1.807) is 13.1 Å². The van der Waals surface area contributed by atoms with Gasteiger partial charge in [-0.15, -0.1) is 0 Å². The van der Waals surface area contributed by atoms with Crippen LogP contribution in [0.25, 0.3) is 5.69 Å². The van der Waals surface area contributed by atoms with Gasteiger partial charge >= 0.3 is 6.03 Å². The van der Waals surface area contributed by atoms with Crippen LogP contribution in [0.5, 0.6) is 0 Å². The number of hydrogen-bond acceptors (Lipinski definition) is 4. The van der Waals surface area contributed by atoms with E-state index in [0.717, 1.165) is 10.8 Å². The zero-order valence-electron chi connectivity index (χ0n) is 13.9. The van der Waals surface area contributed by atoms with Gasteiger partial charge in [-0.1, -0.05) is 17.8 Å². The Kier molecular flexibility index (Phi) is 4.62. The van der Waals surface area contributed by atoms with Crippen molar-refractivity contribution < 1.29 is 9.59 Å². The second-order valence-corrected chi connectivity index (χ2v) is 7.22. The van der Waals surface area contributed by atoms with Gasteiger partial charge < -0.3 is 5.32 Å². The highest BCUT2D eigenvalue weighted by Gasteiger charge is 2.30. The van der Waals surface area contributed by atoms with Crippen molar-refractivity contribution in [1.29, 1.82) is 0 Å². The Balaban J connectivity index is 1.80. The van der Waals surface area contributed by atoms with E-state index in [1.165, 1.54) is 27.8 Å². The molecule has 24 heavy (non-hydrogen) atoms. The third kappa shape index (κ3) is 3.31. The molecule has 0 spiro atoms. The summed E-state index contributed by atoms with van der Waals surface area (Å²) in [4.78, 5) is 29.7. The number of aryl methyl sites for hydroxylation is 2. The lowest BCUT2D eigenvalue weighted by Gasteiger charge is -2.17. The SMILES string of the molecule is Cc1cc(C)cc(-n2ccnc2S[C@@H](C)C(=O)N2CCNC2=O)c1. The molecule has 0 saturated carbocycles. The highest BCUT2D eigenvalue weighted by Crippen LogP contribution is 2.26. The summed E-state index contributed by atoms with van der Waals surface area (Å²) in [7, 11) is 0. The Morgan fingerprint density at radius 3 is 2.62 bits per heavy atom. The van der Waals surface area contributed by atoms with Crippen LogP contribution in [-0.2, 0) is 4.79 Å². The number of aromatic nitrogens is 2. The van der Waals surface area contributed by atoms with Gasteiger partial charge in [0.25, 0.3) is 0 Å². The number of carbonyl (C=O) groups is 2. The molecule has 1 aromatic carbocycles. The van der Waals surface area contributed by atoms with Gasteiger partial charge in [0.05, 0.1) is 5.25 Å². The molecule has 7 heteroatoms. The molecular formula is C17H20N4O2S. The number of nitrogens with one attached hydrogen (secondary N) is 1. The minimum Gasteiger partial charge on any atom is -0.336 e. The number of urea groups is 1. The van der Waals surface area contributed by atoms with Crippen LogP contribution in [0.15, 0.2) is 35.7 Å². The highest BCUT2D eigenvalue weighted by atomic mass is 32.2. The fraction of sp³-hybridized carbons (Fsp3) is 0.353. The van der Waals surface area contributed by atoms with E-state index in [-0.39, 0.29) is 17.2 Å². The average Bonchev–Trinajstić information content (AvgIpc) is 3.14. The third-order valence-electron chi connectivity index (χ3n) is 3.84. The Bertz CT molecular complexity index is 766. The van der Waals surface area contributed by atoms with E-state index >= 15 is 0 Å². The first-order valence-corrected chi connectivity index (χ1v) is 8.71. The zero-order chi connectivity index (χ0) is 17.3. The number of imide groups is 1. The number of hydrogen-bond donors (Lipinski definition) is 1. The molecule has 2 heterocycles. The lowest BCUT2D eigenvalue weighted by atomic mass is 10.1. The summed E-state index contributed by atoms with van der Waals surface area (Å²) in [6.45, 7) is 6.85. The maximum Gasteiger partial charge on any atom is 0.324 e. The normalized spacial score (nSPS) is 15.5. The summed E-state index contributed by atoms with van der Waals surface area (Å²) in [5.74, 6) is -0.190. The Labute approximate surface area is 145 Å². The fourth-order valence-corrected chi connectivity index (χ4v) is 3.72. The summed E-state index contributed by atoms with van der Waals surface area (Å²) >= 11 is 1.36. The van der Waals surface area contributed by atoms with Crippen LogP contribution in [0.4, 0.5) is 4.79 Å². The third-order valence-corrected chi connectivity index (χ3v) is 4.91. The van der Waals surface area contributed by atoms with Gasteiger partial charge in [0.15, 0.2) is 5.16 Å². The molecule has 3 rings (SSSR count). The number of amides is 3. The van der Waals surface area contributed by atoms with Crippen LogP contribution in [0.3, 0.4) is 0 Å². The van der Waals surface area contributed by atoms with Crippen LogP contribution >= 0.6 is 11.8 Å². The molecule has 3 amide bonds. The molecule has 126 valence electrons. The molecule has 0 bridgehead atoms. The van der Waals surface area contributed by atoms with Gasteiger partial charge in [0, 0.05) is 31.2 Å². The maximum absolute atomic E-state index is 12.4. The van der Waals surface area contributed by atoms with Crippen molar-refractivity contribution in [3.63, 3.8) is 0 Å². The van der Waals surface area contributed by atoms with Crippen molar-refractivity contribution in [2.45, 2.75) is 31.2 Å². The molecule has 2 aromatic rings. The smallest absolute Gasteiger partial charge is 0.324 e. The Morgan fingerprint density at radius 2 is 2.00 bits per heavy atom. The van der Waals surface area contributed by atoms with E-state index in [9.17, 15) is 9.59 Å². The fourth-order valence-electron chi connectivity index (χ4n) is 2.77. The Morgan fingerprint density at radius 1 is 1.29 bits per heavy atom. The molecule has 0 unspecified atom stereocenters. The summed E-state index contributed by atoms with van der Waals surface area (Å²) in [5.41, 5.74) is 3.37. The number of carbonyl (C=O) groups excluding carboxylic acids is 2. The average molecular weight is 344 g/mol. The summed E-state index contributed by atoms with van der Waals surface area (Å²) in [5, 5.41) is 3.00. The predicted molar refractivity (Wildman–Crippen MR) is 93.5 cm³/mol. The lowest BCUT2D eigenvalue weighted by molar-refractivity contribution is -0.126. The molecule has 1 saturated heterocycles. The largest absolute Gasteiger partial charge is 0.336 e. The van der Waals surface area contributed by atoms with E-state index in [4.69, 9.17) is 0 Å². The zero-order valence-corrected chi connectivity index (χ0v) is 14.8. The second kappa shape index (κ2) is 6.68.